The molecule has 0 saturated carbocycles. The van der Waals surface area contributed by atoms with Crippen LogP contribution in [0, 0.1) is 0 Å². The molecule has 0 aliphatic rings. The maximum Gasteiger partial charge on any atom is 0.242 e. The standard InChI is InChI=1S/C16H23N3O4S/c1-4-5-10-19-14-7-6-12(24(22,23)18(2)3)11-13(14)17-15(19)8-9-16(20)21/h6-7,11H,4-5,8-10H2,1-3H3,(H,20,21)/p-1. The predicted octanol–water partition coefficient (Wildman–Crippen LogP) is 0.769. The lowest BCUT2D eigenvalue weighted by Gasteiger charge is -2.11. The Bertz CT molecular complexity index is 840. The van der Waals surface area contributed by atoms with Crippen LogP contribution in [0.1, 0.15) is 32.0 Å². The van der Waals surface area contributed by atoms with Gasteiger partial charge in [0.05, 0.1) is 15.9 Å². The fraction of sp³-hybridized carbons (Fsp3) is 0.500. The third kappa shape index (κ3) is 3.76. The Morgan fingerprint density at radius 2 is 2.04 bits per heavy atom. The number of carbonyl (C=O) groups is 1. The van der Waals surface area contributed by atoms with Crippen molar-refractivity contribution < 1.29 is 18.3 Å². The van der Waals surface area contributed by atoms with Crippen molar-refractivity contribution in [3.05, 3.63) is 24.0 Å². The van der Waals surface area contributed by atoms with Crippen molar-refractivity contribution in [1.82, 2.24) is 13.9 Å². The van der Waals surface area contributed by atoms with Gasteiger partial charge in [0, 0.05) is 33.0 Å². The molecule has 24 heavy (non-hydrogen) atoms. The van der Waals surface area contributed by atoms with Crippen LogP contribution in [0.15, 0.2) is 23.1 Å². The molecule has 0 aliphatic heterocycles. The van der Waals surface area contributed by atoms with Crippen LogP contribution in [0.3, 0.4) is 0 Å². The molecule has 0 spiro atoms. The van der Waals surface area contributed by atoms with E-state index in [0.29, 0.717) is 11.3 Å². The third-order valence-corrected chi connectivity index (χ3v) is 5.68. The Kier molecular flexibility index (Phi) is 5.61. The lowest BCUT2D eigenvalue weighted by Crippen LogP contribution is -2.23. The molecule has 2 aromatic rings. The maximum absolute atomic E-state index is 12.3. The number of unbranched alkanes of at least 4 members (excludes halogenated alkanes) is 1. The number of carboxylic acids is 1. The lowest BCUT2D eigenvalue weighted by atomic mass is 10.2. The minimum absolute atomic E-state index is 0.113. The lowest BCUT2D eigenvalue weighted by molar-refractivity contribution is -0.305. The molecule has 8 heteroatoms. The molecule has 0 N–H and O–H groups in total. The smallest absolute Gasteiger partial charge is 0.242 e. The molecule has 0 aliphatic carbocycles. The zero-order chi connectivity index (χ0) is 17.9. The first-order valence-electron chi connectivity index (χ1n) is 7.89. The van der Waals surface area contributed by atoms with Gasteiger partial charge in [0.2, 0.25) is 10.0 Å². The van der Waals surface area contributed by atoms with Crippen molar-refractivity contribution in [2.75, 3.05) is 14.1 Å². The Morgan fingerprint density at radius 1 is 1.33 bits per heavy atom. The van der Waals surface area contributed by atoms with Crippen LogP contribution in [0.4, 0.5) is 0 Å². The third-order valence-electron chi connectivity index (χ3n) is 3.87. The van der Waals surface area contributed by atoms with Crippen molar-refractivity contribution in [1.29, 1.82) is 0 Å². The summed E-state index contributed by atoms with van der Waals surface area (Å²) in [5.74, 6) is -0.484. The number of rotatable bonds is 8. The van der Waals surface area contributed by atoms with Crippen LogP contribution in [-0.2, 0) is 27.8 Å². The van der Waals surface area contributed by atoms with Crippen LogP contribution in [0.2, 0.25) is 0 Å². The summed E-state index contributed by atoms with van der Waals surface area (Å²) in [4.78, 5) is 15.4. The molecule has 0 amide bonds. The summed E-state index contributed by atoms with van der Waals surface area (Å²) in [7, 11) is -0.581. The molecule has 1 heterocycles. The molecular weight excluding hydrogens is 330 g/mol. The summed E-state index contributed by atoms with van der Waals surface area (Å²) < 4.78 is 27.6. The molecule has 0 fully saturated rings. The van der Waals surface area contributed by atoms with Crippen LogP contribution >= 0.6 is 0 Å². The Morgan fingerprint density at radius 3 is 2.62 bits per heavy atom. The first-order valence-corrected chi connectivity index (χ1v) is 9.33. The van der Waals surface area contributed by atoms with Gasteiger partial charge in [-0.1, -0.05) is 13.3 Å². The number of hydrogen-bond donors (Lipinski definition) is 0. The molecule has 0 radical (unpaired) electrons. The fourth-order valence-electron chi connectivity index (χ4n) is 2.50. The SMILES string of the molecule is CCCCn1c(CCC(=O)[O-])nc2cc(S(=O)(=O)N(C)C)ccc21. The van der Waals surface area contributed by atoms with Crippen molar-refractivity contribution >= 4 is 27.0 Å². The van der Waals surface area contributed by atoms with Crippen molar-refractivity contribution in [2.45, 2.75) is 44.0 Å². The van der Waals surface area contributed by atoms with E-state index in [-0.39, 0.29) is 17.7 Å². The Labute approximate surface area is 142 Å². The van der Waals surface area contributed by atoms with Crippen LogP contribution in [0.25, 0.3) is 11.0 Å². The molecule has 7 nitrogen and oxygen atoms in total. The van der Waals surface area contributed by atoms with Gasteiger partial charge in [-0.2, -0.15) is 0 Å². The van der Waals surface area contributed by atoms with E-state index in [0.717, 1.165) is 29.2 Å². The van der Waals surface area contributed by atoms with Gasteiger partial charge in [0.25, 0.3) is 0 Å². The van der Waals surface area contributed by atoms with Crippen LogP contribution < -0.4 is 5.11 Å². The maximum atomic E-state index is 12.3. The van der Waals surface area contributed by atoms with Crippen molar-refractivity contribution in [3.63, 3.8) is 0 Å². The number of nitrogens with zero attached hydrogens (tertiary/aromatic N) is 3. The highest BCUT2D eigenvalue weighted by molar-refractivity contribution is 7.89. The highest BCUT2D eigenvalue weighted by atomic mass is 32.2. The van der Waals surface area contributed by atoms with E-state index >= 15 is 0 Å². The normalized spacial score (nSPS) is 12.2. The highest BCUT2D eigenvalue weighted by Gasteiger charge is 2.19. The molecular formula is C16H22N3O4S-. The van der Waals surface area contributed by atoms with E-state index in [4.69, 9.17) is 0 Å². The molecule has 2 rings (SSSR count). The van der Waals surface area contributed by atoms with Gasteiger partial charge in [0.1, 0.15) is 5.82 Å². The topological polar surface area (TPSA) is 95.3 Å². The zero-order valence-corrected chi connectivity index (χ0v) is 15.0. The van der Waals surface area contributed by atoms with Crippen molar-refractivity contribution in [3.8, 4) is 0 Å². The monoisotopic (exact) mass is 352 g/mol. The average Bonchev–Trinajstić information content (AvgIpc) is 2.87. The molecule has 0 unspecified atom stereocenters. The van der Waals surface area contributed by atoms with Gasteiger partial charge in [0.15, 0.2) is 0 Å². The Balaban J connectivity index is 2.51. The summed E-state index contributed by atoms with van der Waals surface area (Å²) in [6.07, 6.45) is 2.07. The first kappa shape index (κ1) is 18.4. The summed E-state index contributed by atoms with van der Waals surface area (Å²) in [5, 5.41) is 10.7. The van der Waals surface area contributed by atoms with Crippen molar-refractivity contribution in [2.24, 2.45) is 0 Å². The van der Waals surface area contributed by atoms with E-state index in [9.17, 15) is 18.3 Å². The summed E-state index contributed by atoms with van der Waals surface area (Å²) in [6.45, 7) is 2.79. The average molecular weight is 352 g/mol. The number of hydrogen-bond acceptors (Lipinski definition) is 5. The summed E-state index contributed by atoms with van der Waals surface area (Å²) in [6, 6.07) is 4.83. The number of sulfonamides is 1. The van der Waals surface area contributed by atoms with Gasteiger partial charge in [-0.15, -0.1) is 0 Å². The number of carbonyl (C=O) groups excluding carboxylic acids is 1. The van der Waals surface area contributed by atoms with E-state index in [2.05, 4.69) is 11.9 Å². The van der Waals surface area contributed by atoms with E-state index in [1.165, 1.54) is 20.2 Å². The van der Waals surface area contributed by atoms with Gasteiger partial charge >= 0.3 is 0 Å². The summed E-state index contributed by atoms with van der Waals surface area (Å²) in [5.41, 5.74) is 1.37. The number of fused-ring (bicyclic) bond motifs is 1. The minimum atomic E-state index is -3.53. The zero-order valence-electron chi connectivity index (χ0n) is 14.2. The van der Waals surface area contributed by atoms with E-state index < -0.39 is 16.0 Å². The number of benzene rings is 1. The first-order chi connectivity index (χ1) is 11.3. The van der Waals surface area contributed by atoms with Gasteiger partial charge in [-0.25, -0.2) is 17.7 Å². The second kappa shape index (κ2) is 7.31. The quantitative estimate of drug-likeness (QED) is 0.699. The van der Waals surface area contributed by atoms with E-state index in [1.54, 1.807) is 12.1 Å². The summed E-state index contributed by atoms with van der Waals surface area (Å²) >= 11 is 0. The molecule has 1 aromatic carbocycles. The van der Waals surface area contributed by atoms with Gasteiger partial charge in [-0.05, 0) is 31.0 Å². The van der Waals surface area contributed by atoms with Gasteiger partial charge in [-0.3, -0.25) is 0 Å². The van der Waals surface area contributed by atoms with Crippen LogP contribution in [-0.4, -0.2) is 42.3 Å². The fourth-order valence-corrected chi connectivity index (χ4v) is 3.42. The van der Waals surface area contributed by atoms with E-state index in [1.807, 2.05) is 4.57 Å². The number of carboxylic acid groups (broad SMARTS) is 1. The Hall–Kier alpha value is -1.93. The molecule has 1 aromatic heterocycles. The molecule has 132 valence electrons. The second-order valence-corrected chi connectivity index (χ2v) is 8.00. The highest BCUT2D eigenvalue weighted by Crippen LogP contribution is 2.23. The van der Waals surface area contributed by atoms with Crippen LogP contribution in [0.5, 0.6) is 0 Å². The number of aryl methyl sites for hydroxylation is 2. The number of aliphatic carboxylic acids is 1. The molecule has 0 atom stereocenters. The molecule has 0 saturated heterocycles. The largest absolute Gasteiger partial charge is 0.550 e. The van der Waals surface area contributed by atoms with Gasteiger partial charge < -0.3 is 14.5 Å². The minimum Gasteiger partial charge on any atom is -0.550 e. The number of imidazole rings is 1. The second-order valence-electron chi connectivity index (χ2n) is 5.84. The predicted molar refractivity (Wildman–Crippen MR) is 88.8 cm³/mol. The molecule has 0 bridgehead atoms. The number of aromatic nitrogens is 2.